The molecule has 3 N–H and O–H groups in total. The zero-order valence-electron chi connectivity index (χ0n) is 9.46. The van der Waals surface area contributed by atoms with Crippen LogP contribution in [0.2, 0.25) is 0 Å². The zero-order chi connectivity index (χ0) is 12.7. The van der Waals surface area contributed by atoms with Crippen LogP contribution in [-0.4, -0.2) is 39.8 Å². The summed E-state index contributed by atoms with van der Waals surface area (Å²) in [5, 5.41) is 21.5. The highest BCUT2D eigenvalue weighted by Gasteiger charge is 2.49. The van der Waals surface area contributed by atoms with Gasteiger partial charge in [-0.1, -0.05) is 0 Å². The summed E-state index contributed by atoms with van der Waals surface area (Å²) in [5.41, 5.74) is -1.41. The lowest BCUT2D eigenvalue weighted by atomic mass is 9.79. The summed E-state index contributed by atoms with van der Waals surface area (Å²) in [6.45, 7) is 0. The molecule has 6 heteroatoms. The van der Waals surface area contributed by atoms with E-state index >= 15 is 0 Å². The van der Waals surface area contributed by atoms with Gasteiger partial charge in [0, 0.05) is 6.42 Å². The Kier molecular flexibility index (Phi) is 3.12. The van der Waals surface area contributed by atoms with Crippen molar-refractivity contribution >= 4 is 5.91 Å². The number of aliphatic hydroxyl groups is 2. The Hall–Kier alpha value is -0.750. The van der Waals surface area contributed by atoms with E-state index in [-0.39, 0.29) is 12.8 Å². The highest BCUT2D eigenvalue weighted by molar-refractivity contribution is 5.86. The molecule has 0 bridgehead atoms. The van der Waals surface area contributed by atoms with E-state index in [1.807, 2.05) is 0 Å². The molecule has 2 atom stereocenters. The van der Waals surface area contributed by atoms with Gasteiger partial charge in [0.05, 0.1) is 6.04 Å². The highest BCUT2D eigenvalue weighted by Crippen LogP contribution is 2.35. The molecule has 0 unspecified atom stereocenters. The monoisotopic (exact) mass is 249 g/mol. The maximum Gasteiger partial charge on any atom is 0.275 e. The van der Waals surface area contributed by atoms with Crippen molar-refractivity contribution < 1.29 is 23.8 Å². The maximum absolute atomic E-state index is 13.2. The van der Waals surface area contributed by atoms with Crippen molar-refractivity contribution in [2.45, 2.75) is 62.2 Å². The van der Waals surface area contributed by atoms with Gasteiger partial charge >= 0.3 is 0 Å². The minimum absolute atomic E-state index is 0.257. The lowest BCUT2D eigenvalue weighted by molar-refractivity contribution is -0.161. The second-order valence-corrected chi connectivity index (χ2v) is 5.06. The van der Waals surface area contributed by atoms with E-state index in [1.54, 1.807) is 0 Å². The standard InChI is InChI=1S/C11H17F2NO3/c12-11(13)6-1-3-7(8(11)15)14-9(16)10(17)4-2-5-10/h7-8,15,17H,1-6H2,(H,14,16)/t7-,8+/m0/s1. The predicted octanol–water partition coefficient (Wildman–Crippen LogP) is 0.566. The number of nitrogens with one attached hydrogen (secondary N) is 1. The number of halogens is 2. The van der Waals surface area contributed by atoms with Crippen LogP contribution < -0.4 is 5.32 Å². The average molecular weight is 249 g/mol. The summed E-state index contributed by atoms with van der Waals surface area (Å²) < 4.78 is 26.5. The van der Waals surface area contributed by atoms with Gasteiger partial charge in [-0.2, -0.15) is 0 Å². The van der Waals surface area contributed by atoms with Crippen LogP contribution in [0.5, 0.6) is 0 Å². The number of hydrogen-bond donors (Lipinski definition) is 3. The second kappa shape index (κ2) is 4.17. The summed E-state index contributed by atoms with van der Waals surface area (Å²) in [7, 11) is 0. The third-order valence-corrected chi connectivity index (χ3v) is 3.76. The van der Waals surface area contributed by atoms with Gasteiger partial charge in [0.1, 0.15) is 11.7 Å². The Balaban J connectivity index is 1.96. The molecule has 2 saturated carbocycles. The van der Waals surface area contributed by atoms with E-state index in [0.29, 0.717) is 19.3 Å². The van der Waals surface area contributed by atoms with Crippen molar-refractivity contribution in [1.29, 1.82) is 0 Å². The molecule has 17 heavy (non-hydrogen) atoms. The van der Waals surface area contributed by atoms with Crippen LogP contribution in [0, 0.1) is 0 Å². The molecule has 98 valence electrons. The molecule has 2 aliphatic carbocycles. The minimum atomic E-state index is -3.15. The van der Waals surface area contributed by atoms with Gasteiger partial charge in [0.2, 0.25) is 0 Å². The summed E-state index contributed by atoms with van der Waals surface area (Å²) in [5.74, 6) is -3.79. The largest absolute Gasteiger partial charge is 0.385 e. The zero-order valence-corrected chi connectivity index (χ0v) is 9.46. The fourth-order valence-electron chi connectivity index (χ4n) is 2.35. The van der Waals surface area contributed by atoms with Crippen LogP contribution in [0.3, 0.4) is 0 Å². The summed E-state index contributed by atoms with van der Waals surface area (Å²) >= 11 is 0. The first kappa shape index (κ1) is 12.7. The molecule has 0 aromatic carbocycles. The highest BCUT2D eigenvalue weighted by atomic mass is 19.3. The van der Waals surface area contributed by atoms with Crippen molar-refractivity contribution in [2.75, 3.05) is 0 Å². The molecule has 0 aliphatic heterocycles. The molecule has 0 saturated heterocycles. The molecule has 0 heterocycles. The first-order valence-corrected chi connectivity index (χ1v) is 5.94. The first-order valence-electron chi connectivity index (χ1n) is 5.94. The summed E-state index contributed by atoms with van der Waals surface area (Å²) in [6.07, 6.45) is -0.163. The van der Waals surface area contributed by atoms with E-state index in [9.17, 15) is 23.8 Å². The molecule has 0 aromatic rings. The van der Waals surface area contributed by atoms with Crippen molar-refractivity contribution in [3.63, 3.8) is 0 Å². The normalized spacial score (nSPS) is 34.8. The van der Waals surface area contributed by atoms with Gasteiger partial charge < -0.3 is 15.5 Å². The van der Waals surface area contributed by atoms with Crippen LogP contribution in [0.15, 0.2) is 0 Å². The second-order valence-electron chi connectivity index (χ2n) is 5.06. The molecule has 2 aliphatic rings. The number of carbonyl (C=O) groups is 1. The number of rotatable bonds is 2. The fraction of sp³-hybridized carbons (Fsp3) is 0.909. The van der Waals surface area contributed by atoms with Gasteiger partial charge in [-0.05, 0) is 32.1 Å². The topological polar surface area (TPSA) is 69.6 Å². The van der Waals surface area contributed by atoms with Gasteiger partial charge in [-0.25, -0.2) is 8.78 Å². The fourth-order valence-corrected chi connectivity index (χ4v) is 2.35. The lowest BCUT2D eigenvalue weighted by Gasteiger charge is -2.39. The Morgan fingerprint density at radius 1 is 1.24 bits per heavy atom. The molecule has 0 radical (unpaired) electrons. The summed E-state index contributed by atoms with van der Waals surface area (Å²) in [4.78, 5) is 11.7. The Morgan fingerprint density at radius 2 is 1.88 bits per heavy atom. The molecule has 0 aromatic heterocycles. The molecule has 1 amide bonds. The van der Waals surface area contributed by atoms with E-state index in [2.05, 4.69) is 5.32 Å². The SMILES string of the molecule is O=C(N[C@H]1CCCC(F)(F)[C@@H]1O)C1(O)CCC1. The van der Waals surface area contributed by atoms with Crippen molar-refractivity contribution in [1.82, 2.24) is 5.32 Å². The Bertz CT molecular complexity index is 318. The smallest absolute Gasteiger partial charge is 0.275 e. The molecule has 4 nitrogen and oxygen atoms in total. The quantitative estimate of drug-likeness (QED) is 0.670. The van der Waals surface area contributed by atoms with Crippen LogP contribution in [0.25, 0.3) is 0 Å². The van der Waals surface area contributed by atoms with Gasteiger partial charge in [0.25, 0.3) is 11.8 Å². The van der Waals surface area contributed by atoms with Crippen LogP contribution in [-0.2, 0) is 4.79 Å². The van der Waals surface area contributed by atoms with Crippen LogP contribution >= 0.6 is 0 Å². The van der Waals surface area contributed by atoms with Crippen LogP contribution in [0.1, 0.15) is 38.5 Å². The minimum Gasteiger partial charge on any atom is -0.385 e. The Labute approximate surface area is 98.0 Å². The number of hydrogen-bond acceptors (Lipinski definition) is 3. The van der Waals surface area contributed by atoms with Gasteiger partial charge in [0.15, 0.2) is 0 Å². The number of carbonyl (C=O) groups excluding carboxylic acids is 1. The molecular formula is C11H17F2NO3. The number of aliphatic hydroxyl groups excluding tert-OH is 1. The number of alkyl halides is 2. The lowest BCUT2D eigenvalue weighted by Crippen LogP contribution is -2.60. The van der Waals surface area contributed by atoms with Crippen molar-refractivity contribution in [3.8, 4) is 0 Å². The van der Waals surface area contributed by atoms with E-state index in [4.69, 9.17) is 0 Å². The maximum atomic E-state index is 13.2. The molecule has 0 spiro atoms. The third-order valence-electron chi connectivity index (χ3n) is 3.76. The van der Waals surface area contributed by atoms with E-state index < -0.39 is 29.6 Å². The predicted molar refractivity (Wildman–Crippen MR) is 55.5 cm³/mol. The molecule has 2 fully saturated rings. The third kappa shape index (κ3) is 2.28. The average Bonchev–Trinajstić information content (AvgIpc) is 2.21. The number of amides is 1. The van der Waals surface area contributed by atoms with Gasteiger partial charge in [-0.15, -0.1) is 0 Å². The van der Waals surface area contributed by atoms with E-state index in [0.717, 1.165) is 6.42 Å². The molecular weight excluding hydrogens is 232 g/mol. The van der Waals surface area contributed by atoms with E-state index in [1.165, 1.54) is 0 Å². The van der Waals surface area contributed by atoms with Crippen molar-refractivity contribution in [3.05, 3.63) is 0 Å². The van der Waals surface area contributed by atoms with Crippen LogP contribution in [0.4, 0.5) is 8.78 Å². The molecule has 2 rings (SSSR count). The Morgan fingerprint density at radius 3 is 2.41 bits per heavy atom. The van der Waals surface area contributed by atoms with Crippen molar-refractivity contribution in [2.24, 2.45) is 0 Å². The first-order chi connectivity index (χ1) is 7.85. The van der Waals surface area contributed by atoms with Gasteiger partial charge in [-0.3, -0.25) is 4.79 Å². The summed E-state index contributed by atoms with van der Waals surface area (Å²) in [6, 6.07) is -0.962.